The van der Waals surface area contributed by atoms with E-state index in [0.29, 0.717) is 0 Å². The van der Waals surface area contributed by atoms with Crippen LogP contribution in [0.2, 0.25) is 0 Å². The average molecular weight is 554 g/mol. The lowest BCUT2D eigenvalue weighted by Gasteiger charge is -2.27. The quantitative estimate of drug-likeness (QED) is 0.225. The Bertz CT molecular complexity index is 1160. The van der Waals surface area contributed by atoms with Crippen LogP contribution in [-0.2, 0) is 0 Å². The van der Waals surface area contributed by atoms with Gasteiger partial charge < -0.3 is 24.5 Å². The average Bonchev–Trinajstić information content (AvgIpc) is 2.78. The Labute approximate surface area is 227 Å². The normalized spacial score (nSPS) is 10.6. The molecule has 0 aromatic heterocycles. The van der Waals surface area contributed by atoms with Crippen LogP contribution in [0.25, 0.3) is 0 Å². The van der Waals surface area contributed by atoms with E-state index in [1.165, 1.54) is 54.6 Å². The molecule has 0 heterocycles. The minimum atomic E-state index is -3.20. The van der Waals surface area contributed by atoms with E-state index in [0.717, 1.165) is 0 Å². The van der Waals surface area contributed by atoms with Gasteiger partial charge in [-0.25, -0.2) is 13.2 Å². The molecule has 2 N–H and O–H groups in total. The fraction of sp³-hybridized carbons (Fsp3) is 0.357. The van der Waals surface area contributed by atoms with Crippen LogP contribution in [-0.4, -0.2) is 35.5 Å². The molecule has 0 spiro atoms. The van der Waals surface area contributed by atoms with Crippen molar-refractivity contribution in [3.05, 3.63) is 86.7 Å². The van der Waals surface area contributed by atoms with E-state index in [9.17, 15) is 32.0 Å². The lowest BCUT2D eigenvalue weighted by atomic mass is 10.0. The number of hydrogen-bond acceptors (Lipinski definition) is 3. The SMILES string of the molecule is Cc1cc(C)c([NH+](C)C)c(C)c1.Cc1cc(C)c([NH+](C)C)c(C)c1.[O-]B([O-])Oc1c(F)c(F)c(F)c(F)c1F. The summed E-state index contributed by atoms with van der Waals surface area (Å²) in [4.78, 5) is 2.81. The third-order valence-corrected chi connectivity index (χ3v) is 5.74. The maximum Gasteiger partial charge on any atom is 0.205 e. The second kappa shape index (κ2) is 14.4. The van der Waals surface area contributed by atoms with Crippen LogP contribution in [0.15, 0.2) is 24.3 Å². The first-order chi connectivity index (χ1) is 17.9. The van der Waals surface area contributed by atoms with Gasteiger partial charge in [-0.3, -0.25) is 0 Å². The number of benzene rings is 3. The van der Waals surface area contributed by atoms with Crippen LogP contribution in [0.5, 0.6) is 5.75 Å². The van der Waals surface area contributed by atoms with E-state index in [1.54, 1.807) is 0 Å². The van der Waals surface area contributed by atoms with E-state index in [-0.39, 0.29) is 0 Å². The van der Waals surface area contributed by atoms with E-state index in [2.05, 4.69) is 98.7 Å². The first-order valence-electron chi connectivity index (χ1n) is 12.2. The molecule has 3 aromatic rings. The molecule has 3 aromatic carbocycles. The van der Waals surface area contributed by atoms with E-state index in [1.807, 2.05) is 0 Å². The molecule has 0 amide bonds. The highest BCUT2D eigenvalue weighted by molar-refractivity contribution is 6.29. The largest absolute Gasteiger partial charge is 0.860 e. The molecule has 0 aliphatic heterocycles. The Kier molecular flexibility index (Phi) is 12.6. The first-order valence-corrected chi connectivity index (χ1v) is 12.2. The van der Waals surface area contributed by atoms with Gasteiger partial charge >= 0.3 is 0 Å². The van der Waals surface area contributed by atoms with Gasteiger partial charge in [0, 0.05) is 22.3 Å². The summed E-state index contributed by atoms with van der Waals surface area (Å²) in [5, 5.41) is 19.7. The van der Waals surface area contributed by atoms with Crippen LogP contribution in [0.4, 0.5) is 33.3 Å². The van der Waals surface area contributed by atoms with Gasteiger partial charge in [-0.2, -0.15) is 8.78 Å². The second-order valence-corrected chi connectivity index (χ2v) is 9.85. The van der Waals surface area contributed by atoms with Crippen molar-refractivity contribution in [3.63, 3.8) is 0 Å². The summed E-state index contributed by atoms with van der Waals surface area (Å²) in [5.74, 6) is -13.6. The number of quaternary nitrogens is 2. The molecular formula is C28H36BF5N2O3. The molecule has 0 saturated carbocycles. The zero-order valence-corrected chi connectivity index (χ0v) is 24.0. The lowest BCUT2D eigenvalue weighted by molar-refractivity contribution is -0.787. The number of nitrogens with one attached hydrogen (secondary N) is 2. The molecule has 11 heteroatoms. The second-order valence-electron chi connectivity index (χ2n) is 9.85. The maximum absolute atomic E-state index is 12.6. The van der Waals surface area contributed by atoms with E-state index in [4.69, 9.17) is 0 Å². The van der Waals surface area contributed by atoms with Crippen molar-refractivity contribution in [2.24, 2.45) is 0 Å². The summed E-state index contributed by atoms with van der Waals surface area (Å²) >= 11 is 0. The Morgan fingerprint density at radius 2 is 0.795 bits per heavy atom. The Hall–Kier alpha value is -2.99. The molecule has 0 atom stereocenters. The smallest absolute Gasteiger partial charge is 0.205 e. The van der Waals surface area contributed by atoms with Crippen molar-refractivity contribution in [1.82, 2.24) is 0 Å². The molecule has 3 rings (SSSR count). The van der Waals surface area contributed by atoms with Crippen molar-refractivity contribution in [2.45, 2.75) is 41.5 Å². The van der Waals surface area contributed by atoms with Crippen molar-refractivity contribution in [3.8, 4) is 5.75 Å². The minimum absolute atomic E-state index is 1.36. The van der Waals surface area contributed by atoms with Gasteiger partial charge in [-0.15, -0.1) is 0 Å². The van der Waals surface area contributed by atoms with Crippen LogP contribution in [0.3, 0.4) is 0 Å². The number of halogens is 5. The zero-order valence-electron chi connectivity index (χ0n) is 24.0. The molecule has 0 radical (unpaired) electrons. The van der Waals surface area contributed by atoms with E-state index < -0.39 is 42.2 Å². The first kappa shape index (κ1) is 34.0. The fourth-order valence-corrected chi connectivity index (χ4v) is 4.72. The monoisotopic (exact) mass is 554 g/mol. The summed E-state index contributed by atoms with van der Waals surface area (Å²) in [5.41, 5.74) is 11.2. The number of aryl methyl sites for hydroxylation is 6. The molecule has 0 aliphatic carbocycles. The summed E-state index contributed by atoms with van der Waals surface area (Å²) in [6, 6.07) is 8.98. The standard InChI is InChI=1S/2C11H17N.C6BF5O3/c2*1-8-6-9(2)11(12(4)5)10(3)7-8;8-1-2(9)4(11)6(15-7(13)14)5(12)3(1)10/h2*6-7H,1-5H3;/q;;-2/p+2. The van der Waals surface area contributed by atoms with Crippen molar-refractivity contribution >= 4 is 18.7 Å². The van der Waals surface area contributed by atoms with Crippen LogP contribution in [0.1, 0.15) is 33.4 Å². The van der Waals surface area contributed by atoms with Crippen molar-refractivity contribution in [1.29, 1.82) is 0 Å². The Morgan fingerprint density at radius 3 is 1.03 bits per heavy atom. The highest BCUT2D eigenvalue weighted by Gasteiger charge is 2.26. The highest BCUT2D eigenvalue weighted by atomic mass is 19.2. The molecule has 39 heavy (non-hydrogen) atoms. The summed E-state index contributed by atoms with van der Waals surface area (Å²) < 4.78 is 65.9. The molecular weight excluding hydrogens is 518 g/mol. The number of hydrogen-bond donors (Lipinski definition) is 2. The summed E-state index contributed by atoms with van der Waals surface area (Å²) in [6.45, 7) is 13.0. The zero-order chi connectivity index (χ0) is 30.4. The van der Waals surface area contributed by atoms with Crippen LogP contribution < -0.4 is 24.5 Å². The molecule has 0 aliphatic rings. The molecule has 214 valence electrons. The molecule has 0 saturated heterocycles. The van der Waals surface area contributed by atoms with Gasteiger partial charge in [0.15, 0.2) is 5.75 Å². The summed E-state index contributed by atoms with van der Waals surface area (Å²) in [6.07, 6.45) is 0. The third kappa shape index (κ3) is 9.03. The van der Waals surface area contributed by atoms with Gasteiger partial charge in [-0.1, -0.05) is 35.4 Å². The highest BCUT2D eigenvalue weighted by Crippen LogP contribution is 2.28. The topological polar surface area (TPSA) is 64.2 Å². The van der Waals surface area contributed by atoms with Gasteiger partial charge in [0.1, 0.15) is 18.7 Å². The van der Waals surface area contributed by atoms with Crippen molar-refractivity contribution in [2.75, 3.05) is 28.2 Å². The van der Waals surface area contributed by atoms with Crippen molar-refractivity contribution < 1.29 is 46.5 Å². The van der Waals surface area contributed by atoms with Gasteiger partial charge in [-0.05, 0) is 41.5 Å². The lowest BCUT2D eigenvalue weighted by Crippen LogP contribution is -3.00. The molecule has 0 unspecified atom stereocenters. The molecule has 0 fully saturated rings. The maximum atomic E-state index is 12.6. The van der Waals surface area contributed by atoms with E-state index >= 15 is 0 Å². The third-order valence-electron chi connectivity index (χ3n) is 5.74. The summed E-state index contributed by atoms with van der Waals surface area (Å²) in [7, 11) is 5.49. The molecule has 5 nitrogen and oxygen atoms in total. The Morgan fingerprint density at radius 1 is 0.538 bits per heavy atom. The van der Waals surface area contributed by atoms with Gasteiger partial charge in [0.2, 0.25) is 29.1 Å². The predicted octanol–water partition coefficient (Wildman–Crippen LogP) is 2.24. The number of rotatable bonds is 4. The fourth-order valence-electron chi connectivity index (χ4n) is 4.72. The predicted molar refractivity (Wildman–Crippen MR) is 139 cm³/mol. The van der Waals surface area contributed by atoms with Gasteiger partial charge in [0.25, 0.3) is 0 Å². The minimum Gasteiger partial charge on any atom is -0.860 e. The Balaban J connectivity index is 0.000000295. The molecule has 0 bridgehead atoms. The van der Waals surface area contributed by atoms with Crippen LogP contribution in [0, 0.1) is 70.6 Å². The van der Waals surface area contributed by atoms with Gasteiger partial charge in [0.05, 0.1) is 28.2 Å². The van der Waals surface area contributed by atoms with Crippen LogP contribution >= 0.6 is 0 Å².